The number of amides is 1. The van der Waals surface area contributed by atoms with Crippen LogP contribution in [0.15, 0.2) is 40.9 Å². The summed E-state index contributed by atoms with van der Waals surface area (Å²) in [5.41, 5.74) is 0.864. The first kappa shape index (κ1) is 18.2. The van der Waals surface area contributed by atoms with Gasteiger partial charge in [-0.05, 0) is 40.5 Å². The fourth-order valence-corrected chi connectivity index (χ4v) is 3.66. The minimum atomic E-state index is -0.825. The zero-order chi connectivity index (χ0) is 17.0. The Morgan fingerprint density at radius 2 is 2.04 bits per heavy atom. The van der Waals surface area contributed by atoms with Crippen LogP contribution in [0.4, 0.5) is 14.5 Å². The molecule has 0 aliphatic heterocycles. The molecule has 1 N–H and O–H groups in total. The molecule has 0 aliphatic carbocycles. The summed E-state index contributed by atoms with van der Waals surface area (Å²) in [5.74, 6) is -1.79. The van der Waals surface area contributed by atoms with Crippen molar-refractivity contribution in [2.75, 3.05) is 11.1 Å². The monoisotopic (exact) mass is 419 g/mol. The van der Waals surface area contributed by atoms with Gasteiger partial charge in [0, 0.05) is 20.8 Å². The summed E-state index contributed by atoms with van der Waals surface area (Å²) in [5, 5.41) is 3.10. The minimum Gasteiger partial charge on any atom is -0.322 e. The van der Waals surface area contributed by atoms with Gasteiger partial charge in [-0.2, -0.15) is 0 Å². The molecule has 0 saturated carbocycles. The molecule has 0 bridgehead atoms. The smallest absolute Gasteiger partial charge is 0.234 e. The van der Waals surface area contributed by atoms with E-state index in [9.17, 15) is 13.6 Å². The van der Waals surface area contributed by atoms with Crippen LogP contribution in [0, 0.1) is 11.6 Å². The average molecular weight is 421 g/mol. The molecule has 122 valence electrons. The Morgan fingerprint density at radius 3 is 2.70 bits per heavy atom. The zero-order valence-corrected chi connectivity index (χ0v) is 15.2. The van der Waals surface area contributed by atoms with Crippen molar-refractivity contribution in [3.63, 3.8) is 0 Å². The number of carbonyl (C=O) groups is 1. The van der Waals surface area contributed by atoms with E-state index in [0.717, 1.165) is 17.7 Å². The van der Waals surface area contributed by atoms with Crippen LogP contribution in [0.2, 0.25) is 5.02 Å². The second kappa shape index (κ2) is 8.13. The van der Waals surface area contributed by atoms with E-state index in [0.29, 0.717) is 5.02 Å². The number of anilines is 1. The molecule has 2 rings (SSSR count). The van der Waals surface area contributed by atoms with E-state index in [1.165, 1.54) is 11.8 Å². The standard InChI is InChI=1S/C16H13BrClF2NOS/c1-9(11-4-2-3-5-13(11)18)23-8-15(22)21-16-12(17)6-10(19)7-14(16)20/h2-7,9H,8H2,1H3,(H,21,22). The first-order chi connectivity index (χ1) is 10.9. The maximum atomic E-state index is 13.7. The Kier molecular flexibility index (Phi) is 6.44. The lowest BCUT2D eigenvalue weighted by atomic mass is 10.2. The van der Waals surface area contributed by atoms with Crippen molar-refractivity contribution in [3.8, 4) is 0 Å². The summed E-state index contributed by atoms with van der Waals surface area (Å²) in [6.07, 6.45) is 0. The van der Waals surface area contributed by atoms with E-state index in [1.807, 2.05) is 25.1 Å². The topological polar surface area (TPSA) is 29.1 Å². The Morgan fingerprint density at radius 1 is 1.35 bits per heavy atom. The van der Waals surface area contributed by atoms with Gasteiger partial charge in [0.05, 0.1) is 11.4 Å². The highest BCUT2D eigenvalue weighted by atomic mass is 79.9. The number of rotatable bonds is 5. The zero-order valence-electron chi connectivity index (χ0n) is 12.1. The molecule has 2 aromatic rings. The molecule has 2 nitrogen and oxygen atoms in total. The van der Waals surface area contributed by atoms with Gasteiger partial charge in [-0.15, -0.1) is 11.8 Å². The van der Waals surface area contributed by atoms with Crippen molar-refractivity contribution in [3.05, 3.63) is 63.1 Å². The third-order valence-electron chi connectivity index (χ3n) is 3.08. The van der Waals surface area contributed by atoms with Crippen LogP contribution in [0.25, 0.3) is 0 Å². The summed E-state index contributed by atoms with van der Waals surface area (Å²) in [7, 11) is 0. The van der Waals surface area contributed by atoms with E-state index in [2.05, 4.69) is 21.2 Å². The van der Waals surface area contributed by atoms with E-state index < -0.39 is 11.6 Å². The van der Waals surface area contributed by atoms with Gasteiger partial charge >= 0.3 is 0 Å². The Hall–Kier alpha value is -1.11. The lowest BCUT2D eigenvalue weighted by molar-refractivity contribution is -0.113. The van der Waals surface area contributed by atoms with Crippen molar-refractivity contribution in [1.29, 1.82) is 0 Å². The Bertz CT molecular complexity index is 706. The van der Waals surface area contributed by atoms with Crippen LogP contribution in [-0.4, -0.2) is 11.7 Å². The summed E-state index contributed by atoms with van der Waals surface area (Å²) in [6, 6.07) is 9.22. The summed E-state index contributed by atoms with van der Waals surface area (Å²) in [4.78, 5) is 12.0. The normalized spacial score (nSPS) is 12.0. The van der Waals surface area contributed by atoms with Crippen LogP contribution in [0.1, 0.15) is 17.7 Å². The molecule has 0 saturated heterocycles. The summed E-state index contributed by atoms with van der Waals surface area (Å²) in [6.45, 7) is 1.94. The third-order valence-corrected chi connectivity index (χ3v) is 5.23. The molecular formula is C16H13BrClF2NOS. The molecule has 2 aromatic carbocycles. The predicted octanol–water partition coefficient (Wildman–Crippen LogP) is 5.81. The molecular weight excluding hydrogens is 408 g/mol. The Balaban J connectivity index is 1.97. The molecule has 0 radical (unpaired) electrons. The highest BCUT2D eigenvalue weighted by Crippen LogP contribution is 2.33. The molecule has 23 heavy (non-hydrogen) atoms. The second-order valence-electron chi connectivity index (χ2n) is 4.77. The molecule has 1 amide bonds. The Labute approximate surface area is 150 Å². The highest BCUT2D eigenvalue weighted by molar-refractivity contribution is 9.10. The molecule has 0 fully saturated rings. The van der Waals surface area contributed by atoms with Gasteiger partial charge in [0.1, 0.15) is 5.82 Å². The molecule has 0 aliphatic rings. The second-order valence-corrected chi connectivity index (χ2v) is 7.36. The van der Waals surface area contributed by atoms with Gasteiger partial charge in [-0.3, -0.25) is 4.79 Å². The molecule has 0 aromatic heterocycles. The predicted molar refractivity (Wildman–Crippen MR) is 95.0 cm³/mol. The molecule has 1 atom stereocenters. The lowest BCUT2D eigenvalue weighted by Crippen LogP contribution is -2.16. The SMILES string of the molecule is CC(SCC(=O)Nc1c(F)cc(F)cc1Br)c1ccccc1Cl. The summed E-state index contributed by atoms with van der Waals surface area (Å²) >= 11 is 10.5. The molecule has 0 heterocycles. The molecule has 1 unspecified atom stereocenters. The molecule has 0 spiro atoms. The van der Waals surface area contributed by atoms with Crippen molar-refractivity contribution in [2.45, 2.75) is 12.2 Å². The first-order valence-corrected chi connectivity index (χ1v) is 8.91. The van der Waals surface area contributed by atoms with Gasteiger partial charge in [0.25, 0.3) is 0 Å². The fourth-order valence-electron chi connectivity index (χ4n) is 1.93. The molecule has 7 heteroatoms. The number of thioether (sulfide) groups is 1. The van der Waals surface area contributed by atoms with E-state index in [4.69, 9.17) is 11.6 Å². The van der Waals surface area contributed by atoms with Gasteiger partial charge in [0.2, 0.25) is 5.91 Å². The largest absolute Gasteiger partial charge is 0.322 e. The maximum absolute atomic E-state index is 13.7. The highest BCUT2D eigenvalue weighted by Gasteiger charge is 2.15. The quantitative estimate of drug-likeness (QED) is 0.661. The van der Waals surface area contributed by atoms with Crippen LogP contribution in [-0.2, 0) is 4.79 Å². The fraction of sp³-hybridized carbons (Fsp3) is 0.188. The number of carbonyl (C=O) groups excluding carboxylic acids is 1. The average Bonchev–Trinajstić information content (AvgIpc) is 2.49. The number of hydrogen-bond donors (Lipinski definition) is 1. The van der Waals surface area contributed by atoms with Crippen LogP contribution < -0.4 is 5.32 Å². The van der Waals surface area contributed by atoms with E-state index in [-0.39, 0.29) is 27.1 Å². The van der Waals surface area contributed by atoms with Gasteiger partial charge in [0.15, 0.2) is 5.82 Å². The summed E-state index contributed by atoms with van der Waals surface area (Å²) < 4.78 is 26.9. The number of nitrogens with one attached hydrogen (secondary N) is 1. The van der Waals surface area contributed by atoms with Crippen molar-refractivity contribution >= 4 is 50.9 Å². The van der Waals surface area contributed by atoms with Crippen molar-refractivity contribution in [2.24, 2.45) is 0 Å². The van der Waals surface area contributed by atoms with E-state index in [1.54, 1.807) is 6.07 Å². The van der Waals surface area contributed by atoms with Gasteiger partial charge in [-0.25, -0.2) is 8.78 Å². The third kappa shape index (κ3) is 4.93. The maximum Gasteiger partial charge on any atom is 0.234 e. The van der Waals surface area contributed by atoms with Gasteiger partial charge < -0.3 is 5.32 Å². The van der Waals surface area contributed by atoms with Crippen molar-refractivity contribution in [1.82, 2.24) is 0 Å². The minimum absolute atomic E-state index is 0.0101. The number of benzene rings is 2. The van der Waals surface area contributed by atoms with Crippen LogP contribution in [0.3, 0.4) is 0 Å². The van der Waals surface area contributed by atoms with Gasteiger partial charge in [-0.1, -0.05) is 29.8 Å². The first-order valence-electron chi connectivity index (χ1n) is 6.69. The van der Waals surface area contributed by atoms with Crippen LogP contribution >= 0.6 is 39.3 Å². The van der Waals surface area contributed by atoms with Crippen molar-refractivity contribution < 1.29 is 13.6 Å². The number of hydrogen-bond acceptors (Lipinski definition) is 2. The lowest BCUT2D eigenvalue weighted by Gasteiger charge is -2.14. The van der Waals surface area contributed by atoms with E-state index >= 15 is 0 Å². The number of halogens is 4. The van der Waals surface area contributed by atoms with Crippen LogP contribution in [0.5, 0.6) is 0 Å².